The number of carbonyl (C=O) groups excluding carboxylic acids is 1. The molecule has 0 bridgehead atoms. The molecule has 1 aromatic carbocycles. The van der Waals surface area contributed by atoms with Gasteiger partial charge in [0.05, 0.1) is 0 Å². The normalized spacial score (nSPS) is 12.0. The second-order valence-corrected chi connectivity index (χ2v) is 3.98. The number of guanidine groups is 1. The zero-order chi connectivity index (χ0) is 13.7. The first-order chi connectivity index (χ1) is 9.16. The molecule has 102 valence electrons. The van der Waals surface area contributed by atoms with Crippen molar-refractivity contribution in [3.05, 3.63) is 23.8 Å². The molecule has 0 aromatic heterocycles. The van der Waals surface area contributed by atoms with E-state index in [1.165, 1.54) is 0 Å². The minimum atomic E-state index is -0.164. The van der Waals surface area contributed by atoms with E-state index in [4.69, 9.17) is 20.9 Å². The maximum absolute atomic E-state index is 11.8. The molecule has 19 heavy (non-hydrogen) atoms. The van der Waals surface area contributed by atoms with Crippen LogP contribution in [0.1, 0.15) is 16.8 Å². The lowest BCUT2D eigenvalue weighted by Gasteiger charge is -2.05. The van der Waals surface area contributed by atoms with Gasteiger partial charge < -0.3 is 26.3 Å². The van der Waals surface area contributed by atoms with Crippen LogP contribution in [0.15, 0.2) is 23.2 Å². The fourth-order valence-corrected chi connectivity index (χ4v) is 1.63. The number of hydrogen-bond acceptors (Lipinski definition) is 4. The summed E-state index contributed by atoms with van der Waals surface area (Å²) < 4.78 is 10.4. The van der Waals surface area contributed by atoms with Gasteiger partial charge in [-0.15, -0.1) is 0 Å². The molecule has 0 spiro atoms. The molecule has 2 rings (SSSR count). The van der Waals surface area contributed by atoms with Crippen molar-refractivity contribution in [2.45, 2.75) is 6.42 Å². The average molecular weight is 264 g/mol. The van der Waals surface area contributed by atoms with Crippen LogP contribution in [0.3, 0.4) is 0 Å². The number of nitrogens with two attached hydrogens (primary N) is 2. The number of benzene rings is 1. The Kier molecular flexibility index (Phi) is 4.07. The third kappa shape index (κ3) is 3.51. The summed E-state index contributed by atoms with van der Waals surface area (Å²) in [5, 5.41) is 2.78. The number of nitrogens with one attached hydrogen (secondary N) is 1. The Morgan fingerprint density at radius 2 is 2.11 bits per heavy atom. The second kappa shape index (κ2) is 5.94. The molecule has 0 fully saturated rings. The van der Waals surface area contributed by atoms with Gasteiger partial charge in [0.1, 0.15) is 0 Å². The van der Waals surface area contributed by atoms with Crippen LogP contribution in [-0.4, -0.2) is 31.7 Å². The molecule has 0 unspecified atom stereocenters. The minimum Gasteiger partial charge on any atom is -0.454 e. The van der Waals surface area contributed by atoms with E-state index in [1.54, 1.807) is 18.2 Å². The molecular formula is C12H16N4O3. The van der Waals surface area contributed by atoms with Crippen LogP contribution < -0.4 is 26.3 Å². The first-order valence-corrected chi connectivity index (χ1v) is 5.90. The highest BCUT2D eigenvalue weighted by molar-refractivity contribution is 5.94. The fraction of sp³-hybridized carbons (Fsp3) is 0.333. The molecule has 0 atom stereocenters. The lowest BCUT2D eigenvalue weighted by molar-refractivity contribution is 0.0953. The average Bonchev–Trinajstić information content (AvgIpc) is 2.84. The third-order valence-electron chi connectivity index (χ3n) is 2.55. The summed E-state index contributed by atoms with van der Waals surface area (Å²) in [6, 6.07) is 5.07. The van der Waals surface area contributed by atoms with E-state index in [-0.39, 0.29) is 18.7 Å². The number of ether oxygens (including phenoxy) is 2. The summed E-state index contributed by atoms with van der Waals surface area (Å²) in [4.78, 5) is 15.7. The summed E-state index contributed by atoms with van der Waals surface area (Å²) in [6.07, 6.45) is 0.675. The Hall–Kier alpha value is -2.44. The molecule has 7 heteroatoms. The molecular weight excluding hydrogens is 248 g/mol. The number of nitrogens with zero attached hydrogens (tertiary/aromatic N) is 1. The molecule has 0 saturated heterocycles. The van der Waals surface area contributed by atoms with Gasteiger partial charge in [0.25, 0.3) is 5.91 Å². The van der Waals surface area contributed by atoms with Crippen LogP contribution >= 0.6 is 0 Å². The Morgan fingerprint density at radius 1 is 1.32 bits per heavy atom. The Balaban J connectivity index is 1.82. The molecule has 5 N–H and O–H groups in total. The lowest BCUT2D eigenvalue weighted by atomic mass is 10.2. The van der Waals surface area contributed by atoms with Gasteiger partial charge in [-0.05, 0) is 24.6 Å². The SMILES string of the molecule is NC(N)=NCCCNC(=O)c1ccc2c(c1)OCO2. The van der Waals surface area contributed by atoms with Crippen molar-refractivity contribution in [3.63, 3.8) is 0 Å². The van der Waals surface area contributed by atoms with E-state index in [0.717, 1.165) is 0 Å². The van der Waals surface area contributed by atoms with Gasteiger partial charge in [-0.3, -0.25) is 9.79 Å². The second-order valence-electron chi connectivity index (χ2n) is 3.98. The van der Waals surface area contributed by atoms with Crippen molar-refractivity contribution >= 4 is 11.9 Å². The van der Waals surface area contributed by atoms with Crippen molar-refractivity contribution < 1.29 is 14.3 Å². The molecule has 0 saturated carbocycles. The third-order valence-corrected chi connectivity index (χ3v) is 2.55. The van der Waals surface area contributed by atoms with Crippen LogP contribution in [0.2, 0.25) is 0 Å². The van der Waals surface area contributed by atoms with Crippen LogP contribution in [0.25, 0.3) is 0 Å². The molecule has 0 aliphatic carbocycles. The smallest absolute Gasteiger partial charge is 0.251 e. The zero-order valence-corrected chi connectivity index (χ0v) is 10.4. The zero-order valence-electron chi connectivity index (χ0n) is 10.4. The van der Waals surface area contributed by atoms with Crippen LogP contribution in [0.4, 0.5) is 0 Å². The first kappa shape index (κ1) is 13.0. The first-order valence-electron chi connectivity index (χ1n) is 5.90. The Labute approximate surface area is 110 Å². The Morgan fingerprint density at radius 3 is 2.89 bits per heavy atom. The highest BCUT2D eigenvalue weighted by Gasteiger charge is 2.15. The van der Waals surface area contributed by atoms with Crippen LogP contribution in [-0.2, 0) is 0 Å². The number of hydrogen-bond donors (Lipinski definition) is 3. The van der Waals surface area contributed by atoms with Crippen molar-refractivity contribution in [1.29, 1.82) is 0 Å². The topological polar surface area (TPSA) is 112 Å². The summed E-state index contributed by atoms with van der Waals surface area (Å²) >= 11 is 0. The van der Waals surface area contributed by atoms with E-state index >= 15 is 0 Å². The number of aliphatic imine (C=N–C) groups is 1. The van der Waals surface area contributed by atoms with Gasteiger partial charge in [-0.25, -0.2) is 0 Å². The standard InChI is InChI=1S/C12H16N4O3/c13-12(14)16-5-1-4-15-11(17)8-2-3-9-10(6-8)19-7-18-9/h2-3,6H,1,4-5,7H2,(H,15,17)(H4,13,14,16). The lowest BCUT2D eigenvalue weighted by Crippen LogP contribution is -2.26. The fourth-order valence-electron chi connectivity index (χ4n) is 1.63. The van der Waals surface area contributed by atoms with Gasteiger partial charge in [0.2, 0.25) is 6.79 Å². The number of amides is 1. The van der Waals surface area contributed by atoms with E-state index in [9.17, 15) is 4.79 Å². The van der Waals surface area contributed by atoms with Gasteiger partial charge in [-0.1, -0.05) is 0 Å². The predicted molar refractivity (Wildman–Crippen MR) is 70.2 cm³/mol. The highest BCUT2D eigenvalue weighted by Crippen LogP contribution is 2.32. The minimum absolute atomic E-state index is 0.0575. The van der Waals surface area contributed by atoms with E-state index in [0.29, 0.717) is 36.6 Å². The van der Waals surface area contributed by atoms with Gasteiger partial charge in [-0.2, -0.15) is 0 Å². The molecule has 7 nitrogen and oxygen atoms in total. The molecule has 1 aliphatic heterocycles. The number of carbonyl (C=O) groups is 1. The summed E-state index contributed by atoms with van der Waals surface area (Å²) in [7, 11) is 0. The summed E-state index contributed by atoms with van der Waals surface area (Å²) in [5.41, 5.74) is 10.9. The number of rotatable bonds is 5. The molecule has 1 aliphatic rings. The number of fused-ring (bicyclic) bond motifs is 1. The van der Waals surface area contributed by atoms with E-state index in [1.807, 2.05) is 0 Å². The molecule has 1 aromatic rings. The quantitative estimate of drug-likeness (QED) is 0.387. The highest BCUT2D eigenvalue weighted by atomic mass is 16.7. The van der Waals surface area contributed by atoms with Crippen molar-refractivity contribution in [2.75, 3.05) is 19.9 Å². The molecule has 1 amide bonds. The van der Waals surface area contributed by atoms with E-state index < -0.39 is 0 Å². The van der Waals surface area contributed by atoms with Crippen molar-refractivity contribution in [2.24, 2.45) is 16.5 Å². The van der Waals surface area contributed by atoms with Crippen molar-refractivity contribution in [1.82, 2.24) is 5.32 Å². The maximum atomic E-state index is 11.8. The monoisotopic (exact) mass is 264 g/mol. The molecule has 0 radical (unpaired) electrons. The van der Waals surface area contributed by atoms with Gasteiger partial charge in [0, 0.05) is 18.7 Å². The van der Waals surface area contributed by atoms with Crippen molar-refractivity contribution in [3.8, 4) is 11.5 Å². The molecule has 1 heterocycles. The van der Waals surface area contributed by atoms with Crippen LogP contribution in [0.5, 0.6) is 11.5 Å². The van der Waals surface area contributed by atoms with Gasteiger partial charge in [0.15, 0.2) is 17.5 Å². The maximum Gasteiger partial charge on any atom is 0.251 e. The van der Waals surface area contributed by atoms with E-state index in [2.05, 4.69) is 10.3 Å². The predicted octanol–water partition coefficient (Wildman–Crippen LogP) is -0.191. The largest absolute Gasteiger partial charge is 0.454 e. The van der Waals surface area contributed by atoms with Crippen LogP contribution in [0, 0.1) is 0 Å². The van der Waals surface area contributed by atoms with Gasteiger partial charge >= 0.3 is 0 Å². The Bertz CT molecular complexity index is 498. The summed E-state index contributed by atoms with van der Waals surface area (Å²) in [5.74, 6) is 1.14. The summed E-state index contributed by atoms with van der Waals surface area (Å²) in [6.45, 7) is 1.19.